The molecule has 0 unspecified atom stereocenters. The Morgan fingerprint density at radius 2 is 1.42 bits per heavy atom. The normalized spacial score (nSPS) is 9.50. The molecule has 0 aromatic heterocycles. The van der Waals surface area contributed by atoms with Crippen LogP contribution in [0.25, 0.3) is 0 Å². The highest BCUT2D eigenvalue weighted by atomic mass is 16.4. The van der Waals surface area contributed by atoms with Crippen LogP contribution in [0.4, 0.5) is 4.79 Å². The second kappa shape index (κ2) is 3.56. The van der Waals surface area contributed by atoms with Crippen LogP contribution in [0.2, 0.25) is 0 Å². The number of hydrogen-bond acceptors (Lipinski definition) is 3. The van der Waals surface area contributed by atoms with Crippen molar-refractivity contribution in [1.82, 2.24) is 4.90 Å². The van der Waals surface area contributed by atoms with Crippen molar-refractivity contribution in [2.24, 2.45) is 0 Å². The molecule has 0 aliphatic carbocycles. The molecule has 0 aliphatic heterocycles. The van der Waals surface area contributed by atoms with E-state index in [0.717, 1.165) is 7.05 Å². The van der Waals surface area contributed by atoms with Crippen LogP contribution in [0.15, 0.2) is 0 Å². The van der Waals surface area contributed by atoms with Crippen molar-refractivity contribution in [1.29, 1.82) is 0 Å². The van der Waals surface area contributed by atoms with Crippen molar-refractivity contribution < 1.29 is 29.7 Å². The van der Waals surface area contributed by atoms with E-state index in [9.17, 15) is 14.4 Å². The summed E-state index contributed by atoms with van der Waals surface area (Å²) in [4.78, 5) is 30.8. The molecule has 1 amide bonds. The number of amides is 1. The van der Waals surface area contributed by atoms with Crippen molar-refractivity contribution in [3.05, 3.63) is 0 Å². The molecular formula is C5H7NO6. The Balaban J connectivity index is 4.63. The van der Waals surface area contributed by atoms with Crippen LogP contribution < -0.4 is 0 Å². The highest BCUT2D eigenvalue weighted by Crippen LogP contribution is 1.97. The predicted molar refractivity (Wildman–Crippen MR) is 34.8 cm³/mol. The van der Waals surface area contributed by atoms with Gasteiger partial charge in [0.05, 0.1) is 0 Å². The van der Waals surface area contributed by atoms with Crippen molar-refractivity contribution in [2.45, 2.75) is 6.04 Å². The summed E-state index contributed by atoms with van der Waals surface area (Å²) in [5.41, 5.74) is 0. The minimum Gasteiger partial charge on any atom is -0.479 e. The van der Waals surface area contributed by atoms with Gasteiger partial charge in [-0.1, -0.05) is 0 Å². The number of carbonyl (C=O) groups is 3. The van der Waals surface area contributed by atoms with Gasteiger partial charge >= 0.3 is 18.0 Å². The Hall–Kier alpha value is -1.79. The van der Waals surface area contributed by atoms with Crippen molar-refractivity contribution in [3.63, 3.8) is 0 Å². The van der Waals surface area contributed by atoms with Gasteiger partial charge in [0.1, 0.15) is 0 Å². The van der Waals surface area contributed by atoms with Gasteiger partial charge < -0.3 is 15.3 Å². The Kier molecular flexibility index (Phi) is 3.03. The third kappa shape index (κ3) is 2.11. The summed E-state index contributed by atoms with van der Waals surface area (Å²) < 4.78 is 0. The quantitative estimate of drug-likeness (QED) is 0.483. The Morgan fingerprint density at radius 1 is 1.08 bits per heavy atom. The maximum absolute atomic E-state index is 10.2. The summed E-state index contributed by atoms with van der Waals surface area (Å²) in [7, 11) is 0.870. The summed E-state index contributed by atoms with van der Waals surface area (Å²) >= 11 is 0. The summed E-state index contributed by atoms with van der Waals surface area (Å²) in [5, 5.41) is 24.8. The van der Waals surface area contributed by atoms with E-state index in [1.807, 2.05) is 0 Å². The van der Waals surface area contributed by atoms with Crippen LogP contribution in [0.5, 0.6) is 0 Å². The van der Waals surface area contributed by atoms with Crippen LogP contribution in [0, 0.1) is 0 Å². The molecule has 0 bridgehead atoms. The SMILES string of the molecule is CN(C(=O)O)C(C(=O)O)C(=O)O. The van der Waals surface area contributed by atoms with Gasteiger partial charge in [-0.2, -0.15) is 0 Å². The lowest BCUT2D eigenvalue weighted by atomic mass is 10.3. The lowest BCUT2D eigenvalue weighted by Crippen LogP contribution is -2.47. The van der Waals surface area contributed by atoms with Gasteiger partial charge in [-0.25, -0.2) is 14.4 Å². The smallest absolute Gasteiger partial charge is 0.408 e. The van der Waals surface area contributed by atoms with Crippen molar-refractivity contribution in [3.8, 4) is 0 Å². The first-order valence-corrected chi connectivity index (χ1v) is 2.79. The predicted octanol–water partition coefficient (Wildman–Crippen LogP) is -0.866. The topological polar surface area (TPSA) is 115 Å². The van der Waals surface area contributed by atoms with Gasteiger partial charge in [0.15, 0.2) is 0 Å². The van der Waals surface area contributed by atoms with Crippen LogP contribution in [0.3, 0.4) is 0 Å². The van der Waals surface area contributed by atoms with Crippen LogP contribution in [-0.4, -0.2) is 51.3 Å². The molecule has 0 radical (unpaired) electrons. The molecule has 0 saturated heterocycles. The highest BCUT2D eigenvalue weighted by molar-refractivity contribution is 5.99. The van der Waals surface area contributed by atoms with Crippen molar-refractivity contribution in [2.75, 3.05) is 7.05 Å². The van der Waals surface area contributed by atoms with Gasteiger partial charge in [-0.15, -0.1) is 0 Å². The molecule has 0 aromatic rings. The molecule has 7 heteroatoms. The van der Waals surface area contributed by atoms with Crippen LogP contribution >= 0.6 is 0 Å². The molecule has 0 saturated carbocycles. The van der Waals surface area contributed by atoms with E-state index in [4.69, 9.17) is 15.3 Å². The number of aliphatic carboxylic acids is 2. The Morgan fingerprint density at radius 3 is 1.50 bits per heavy atom. The molecule has 0 fully saturated rings. The molecule has 0 aliphatic rings. The number of likely N-dealkylation sites (N-methyl/N-ethyl adjacent to an activating group) is 1. The van der Waals surface area contributed by atoms with E-state index < -0.39 is 24.1 Å². The fourth-order valence-corrected chi connectivity index (χ4v) is 0.547. The van der Waals surface area contributed by atoms with Gasteiger partial charge in [0.25, 0.3) is 0 Å². The maximum atomic E-state index is 10.2. The fraction of sp³-hybridized carbons (Fsp3) is 0.400. The summed E-state index contributed by atoms with van der Waals surface area (Å²) in [6.07, 6.45) is -1.61. The van der Waals surface area contributed by atoms with Crippen LogP contribution in [-0.2, 0) is 9.59 Å². The number of nitrogens with zero attached hydrogens (tertiary/aromatic N) is 1. The number of carboxylic acids is 2. The average Bonchev–Trinajstić information content (AvgIpc) is 1.85. The monoisotopic (exact) mass is 177 g/mol. The lowest BCUT2D eigenvalue weighted by Gasteiger charge is -2.17. The number of hydrogen-bond donors (Lipinski definition) is 3. The third-order valence-electron chi connectivity index (χ3n) is 1.16. The minimum atomic E-state index is -2.05. The molecule has 0 heterocycles. The molecule has 0 atom stereocenters. The highest BCUT2D eigenvalue weighted by Gasteiger charge is 2.33. The number of rotatable bonds is 3. The summed E-state index contributed by atoms with van der Waals surface area (Å²) in [6.45, 7) is 0. The molecule has 0 rings (SSSR count). The standard InChI is InChI=1S/C5H7NO6/c1-6(5(11)12)2(3(7)8)4(9)10/h2H,1H3,(H,7,8)(H,9,10)(H,11,12). The first-order valence-electron chi connectivity index (χ1n) is 2.79. The summed E-state index contributed by atoms with van der Waals surface area (Å²) in [5.74, 6) is -3.43. The average molecular weight is 177 g/mol. The van der Waals surface area contributed by atoms with E-state index >= 15 is 0 Å². The largest absolute Gasteiger partial charge is 0.479 e. The summed E-state index contributed by atoms with van der Waals surface area (Å²) in [6, 6.07) is -2.05. The number of carboxylic acid groups (broad SMARTS) is 3. The van der Waals surface area contributed by atoms with E-state index in [0.29, 0.717) is 0 Å². The lowest BCUT2D eigenvalue weighted by molar-refractivity contribution is -0.154. The van der Waals surface area contributed by atoms with Gasteiger partial charge in [0, 0.05) is 7.05 Å². The van der Waals surface area contributed by atoms with Crippen LogP contribution in [0.1, 0.15) is 0 Å². The Labute approximate surface area is 66.8 Å². The molecule has 12 heavy (non-hydrogen) atoms. The molecular weight excluding hydrogens is 170 g/mol. The van der Waals surface area contributed by atoms with Gasteiger partial charge in [0.2, 0.25) is 6.04 Å². The Bertz CT molecular complexity index is 210. The van der Waals surface area contributed by atoms with E-state index in [1.165, 1.54) is 0 Å². The molecule has 68 valence electrons. The second-order valence-corrected chi connectivity index (χ2v) is 1.97. The molecule has 7 nitrogen and oxygen atoms in total. The second-order valence-electron chi connectivity index (χ2n) is 1.97. The maximum Gasteiger partial charge on any atom is 0.408 e. The molecule has 0 aromatic carbocycles. The zero-order chi connectivity index (χ0) is 9.89. The van der Waals surface area contributed by atoms with Gasteiger partial charge in [-0.3, -0.25) is 4.90 Å². The van der Waals surface area contributed by atoms with E-state index in [1.54, 1.807) is 0 Å². The first kappa shape index (κ1) is 10.2. The minimum absolute atomic E-state index is 0.199. The zero-order valence-electron chi connectivity index (χ0n) is 6.09. The van der Waals surface area contributed by atoms with E-state index in [-0.39, 0.29) is 4.90 Å². The molecule has 0 spiro atoms. The van der Waals surface area contributed by atoms with E-state index in [2.05, 4.69) is 0 Å². The zero-order valence-corrected chi connectivity index (χ0v) is 6.09. The first-order chi connectivity index (χ1) is 5.37. The fourth-order valence-electron chi connectivity index (χ4n) is 0.547. The van der Waals surface area contributed by atoms with Gasteiger partial charge in [-0.05, 0) is 0 Å². The third-order valence-corrected chi connectivity index (χ3v) is 1.16. The van der Waals surface area contributed by atoms with Crippen molar-refractivity contribution >= 4 is 18.0 Å². The molecule has 3 N–H and O–H groups in total.